The van der Waals surface area contributed by atoms with Crippen LogP contribution in [0.3, 0.4) is 0 Å². The molecule has 0 radical (unpaired) electrons. The van der Waals surface area contributed by atoms with Crippen LogP contribution in [-0.4, -0.2) is 62.4 Å². The molecule has 6 atom stereocenters. The molecule has 0 bridgehead atoms. The SMILES string of the molecule is CN(C)c1c([N+](=O)[O-])cc(N2C(=O)C3CC=C4C(CC5(Cl)C(=O)N(c6ccc(F)cc6)C(=O)C5(Cl)C4c4c(O)ccc5ccccc45)C3C2=O)cc1[N+](=O)[O-]. The standard InChI is InChI=1S/C38H28Cl2FN5O9/c1-42(2)32-26(45(52)53)15-21(16-27(32)46(54)55)43-33(48)24-13-12-23-25(29(24)34(43)49)17-37(39)35(50)44(20-10-8-19(41)9-11-20)36(51)38(37,40)31(23)30-22-6-4-3-5-18(22)7-14-28(30)47/h3-12,14-16,24-25,29,31,47H,13,17H2,1-2H3. The lowest BCUT2D eigenvalue weighted by Crippen LogP contribution is -2.60. The first-order valence-corrected chi connectivity index (χ1v) is 17.7. The molecule has 4 aromatic rings. The Morgan fingerprint density at radius 1 is 0.836 bits per heavy atom. The van der Waals surface area contributed by atoms with E-state index in [0.717, 1.165) is 29.2 Å². The number of fused-ring (bicyclic) bond motifs is 5. The summed E-state index contributed by atoms with van der Waals surface area (Å²) in [4.78, 5) is 78.8. The van der Waals surface area contributed by atoms with Crippen LogP contribution in [0.5, 0.6) is 5.75 Å². The smallest absolute Gasteiger partial charge is 0.301 e. The van der Waals surface area contributed by atoms with E-state index in [4.69, 9.17) is 23.2 Å². The van der Waals surface area contributed by atoms with E-state index in [1.807, 2.05) is 0 Å². The molecular formula is C38H28Cl2FN5O9. The highest BCUT2D eigenvalue weighted by molar-refractivity contribution is 6.58. The van der Waals surface area contributed by atoms with Gasteiger partial charge in [-0.1, -0.05) is 42.0 Å². The van der Waals surface area contributed by atoms with Gasteiger partial charge < -0.3 is 10.0 Å². The Hall–Kier alpha value is -5.93. The topological polar surface area (TPSA) is 185 Å². The predicted octanol–water partition coefficient (Wildman–Crippen LogP) is 6.33. The second-order valence-electron chi connectivity index (χ2n) is 14.2. The van der Waals surface area contributed by atoms with Crippen molar-refractivity contribution in [2.24, 2.45) is 17.8 Å². The molecule has 3 fully saturated rings. The highest BCUT2D eigenvalue weighted by Crippen LogP contribution is 2.67. The number of imide groups is 2. The highest BCUT2D eigenvalue weighted by atomic mass is 35.5. The van der Waals surface area contributed by atoms with Crippen molar-refractivity contribution < 1.29 is 38.5 Å². The fraction of sp³-hybridized carbons (Fsp3) is 0.263. The Balaban J connectivity index is 1.32. The average Bonchev–Trinajstić information content (AvgIpc) is 3.49. The minimum absolute atomic E-state index is 0.0239. The largest absolute Gasteiger partial charge is 0.508 e. The number of rotatable bonds is 6. The first-order chi connectivity index (χ1) is 26.0. The molecule has 2 saturated heterocycles. The van der Waals surface area contributed by atoms with Crippen molar-refractivity contribution in [1.82, 2.24) is 0 Å². The van der Waals surface area contributed by atoms with Crippen LogP contribution in [0.25, 0.3) is 10.8 Å². The number of alkyl halides is 2. The van der Waals surface area contributed by atoms with Crippen molar-refractivity contribution in [2.45, 2.75) is 28.5 Å². The summed E-state index contributed by atoms with van der Waals surface area (Å²) < 4.78 is 14.0. The van der Waals surface area contributed by atoms with Crippen molar-refractivity contribution in [3.63, 3.8) is 0 Å². The van der Waals surface area contributed by atoms with Gasteiger partial charge in [-0.05, 0) is 59.9 Å². The fourth-order valence-electron chi connectivity index (χ4n) is 9.01. The summed E-state index contributed by atoms with van der Waals surface area (Å²) in [7, 11) is 2.75. The monoisotopic (exact) mass is 787 g/mol. The van der Waals surface area contributed by atoms with E-state index in [1.165, 1.54) is 37.2 Å². The van der Waals surface area contributed by atoms with Gasteiger partial charge in [-0.2, -0.15) is 0 Å². The van der Waals surface area contributed by atoms with Crippen molar-refractivity contribution in [3.8, 4) is 5.75 Å². The van der Waals surface area contributed by atoms with Crippen LogP contribution in [0, 0.1) is 43.8 Å². The van der Waals surface area contributed by atoms with Gasteiger partial charge in [0.2, 0.25) is 11.8 Å². The maximum atomic E-state index is 14.7. The number of phenols is 1. The summed E-state index contributed by atoms with van der Waals surface area (Å²) in [5.41, 5.74) is -1.69. The number of nitro benzene ring substituents is 2. The van der Waals surface area contributed by atoms with Gasteiger partial charge in [0, 0.05) is 37.7 Å². The molecule has 4 amide bonds. The number of aromatic hydroxyl groups is 1. The lowest BCUT2D eigenvalue weighted by Gasteiger charge is -2.51. The molecule has 1 N–H and O–H groups in total. The lowest BCUT2D eigenvalue weighted by molar-refractivity contribution is -0.392. The van der Waals surface area contributed by atoms with Crippen LogP contribution in [0.15, 0.2) is 84.4 Å². The van der Waals surface area contributed by atoms with E-state index in [2.05, 4.69) is 0 Å². The lowest BCUT2D eigenvalue weighted by atomic mass is 9.56. The predicted molar refractivity (Wildman–Crippen MR) is 199 cm³/mol. The van der Waals surface area contributed by atoms with Crippen LogP contribution in [0.1, 0.15) is 24.3 Å². The first kappa shape index (κ1) is 36.1. The third-order valence-electron chi connectivity index (χ3n) is 11.3. The summed E-state index contributed by atoms with van der Waals surface area (Å²) in [6.07, 6.45) is 1.11. The minimum atomic E-state index is -2.33. The molecule has 4 aromatic carbocycles. The van der Waals surface area contributed by atoms with Crippen molar-refractivity contribution >= 4 is 86.0 Å². The number of nitrogens with zero attached hydrogens (tertiary/aromatic N) is 5. The molecule has 2 aliphatic carbocycles. The zero-order valence-electron chi connectivity index (χ0n) is 28.8. The van der Waals surface area contributed by atoms with Crippen LogP contribution >= 0.6 is 23.2 Å². The van der Waals surface area contributed by atoms with E-state index >= 15 is 0 Å². The molecule has 280 valence electrons. The molecule has 17 heteroatoms. The number of hydrogen-bond acceptors (Lipinski definition) is 10. The number of phenolic OH excluding ortho intramolecular Hbond substituents is 1. The summed E-state index contributed by atoms with van der Waals surface area (Å²) in [5, 5.41) is 37.0. The maximum Gasteiger partial charge on any atom is 0.301 e. The van der Waals surface area contributed by atoms with E-state index < -0.39 is 96.2 Å². The van der Waals surface area contributed by atoms with E-state index in [-0.39, 0.29) is 29.1 Å². The number of anilines is 3. The van der Waals surface area contributed by atoms with Gasteiger partial charge in [-0.15, -0.1) is 23.2 Å². The number of halogens is 3. The van der Waals surface area contributed by atoms with Gasteiger partial charge in [-0.3, -0.25) is 39.4 Å². The van der Waals surface area contributed by atoms with Crippen molar-refractivity contribution in [3.05, 3.63) is 116 Å². The summed E-state index contributed by atoms with van der Waals surface area (Å²) in [6, 6.07) is 16.4. The second-order valence-corrected chi connectivity index (χ2v) is 15.5. The third kappa shape index (κ3) is 4.85. The quantitative estimate of drug-likeness (QED) is 0.0761. The zero-order valence-corrected chi connectivity index (χ0v) is 30.3. The van der Waals surface area contributed by atoms with Crippen LogP contribution in [-0.2, 0) is 19.2 Å². The molecule has 6 unspecified atom stereocenters. The Kier molecular flexibility index (Phi) is 8.06. The van der Waals surface area contributed by atoms with Crippen molar-refractivity contribution in [1.29, 1.82) is 0 Å². The fourth-order valence-corrected chi connectivity index (χ4v) is 9.93. The van der Waals surface area contributed by atoms with Crippen molar-refractivity contribution in [2.75, 3.05) is 28.8 Å². The molecule has 4 aliphatic rings. The zero-order chi connectivity index (χ0) is 39.5. The van der Waals surface area contributed by atoms with Gasteiger partial charge in [0.25, 0.3) is 11.8 Å². The number of carbonyl (C=O) groups excluding carboxylic acids is 4. The Morgan fingerprint density at radius 3 is 2.09 bits per heavy atom. The Morgan fingerprint density at radius 2 is 1.47 bits per heavy atom. The number of nitro groups is 2. The Labute approximate surface area is 320 Å². The summed E-state index contributed by atoms with van der Waals surface area (Å²) in [5.74, 6) is -9.28. The normalized spacial score (nSPS) is 27.2. The summed E-state index contributed by atoms with van der Waals surface area (Å²) >= 11 is 14.9. The number of hydrogen-bond donors (Lipinski definition) is 1. The summed E-state index contributed by atoms with van der Waals surface area (Å²) in [6.45, 7) is 0. The van der Waals surface area contributed by atoms with Crippen LogP contribution in [0.4, 0.5) is 32.8 Å². The second kappa shape index (κ2) is 12.3. The Bertz CT molecular complexity index is 2440. The van der Waals surface area contributed by atoms with E-state index in [0.29, 0.717) is 21.2 Å². The highest BCUT2D eigenvalue weighted by Gasteiger charge is 2.77. The van der Waals surface area contributed by atoms with Gasteiger partial charge in [0.15, 0.2) is 15.4 Å². The number of carbonyl (C=O) groups is 4. The number of amides is 4. The molecule has 8 rings (SSSR count). The van der Waals surface area contributed by atoms with Gasteiger partial charge in [-0.25, -0.2) is 14.2 Å². The van der Waals surface area contributed by atoms with Gasteiger partial charge >= 0.3 is 11.4 Å². The van der Waals surface area contributed by atoms with Gasteiger partial charge in [0.05, 0.1) is 33.1 Å². The average molecular weight is 789 g/mol. The van der Waals surface area contributed by atoms with E-state index in [1.54, 1.807) is 36.4 Å². The molecule has 0 aromatic heterocycles. The number of benzene rings is 4. The van der Waals surface area contributed by atoms with Crippen LogP contribution < -0.4 is 14.7 Å². The molecule has 1 saturated carbocycles. The third-order valence-corrected chi connectivity index (χ3v) is 12.7. The van der Waals surface area contributed by atoms with Crippen LogP contribution in [0.2, 0.25) is 0 Å². The first-order valence-electron chi connectivity index (χ1n) is 17.0. The number of allylic oxidation sites excluding steroid dienone is 2. The maximum absolute atomic E-state index is 14.7. The molecule has 2 aliphatic heterocycles. The van der Waals surface area contributed by atoms with E-state index in [9.17, 15) is 48.9 Å². The van der Waals surface area contributed by atoms with Gasteiger partial charge in [0.1, 0.15) is 11.6 Å². The molecule has 0 spiro atoms. The minimum Gasteiger partial charge on any atom is -0.508 e. The molecular weight excluding hydrogens is 760 g/mol. The molecule has 14 nitrogen and oxygen atoms in total. The molecule has 2 heterocycles. The molecule has 55 heavy (non-hydrogen) atoms.